The van der Waals surface area contributed by atoms with E-state index in [2.05, 4.69) is 15.0 Å². The second-order valence-electron chi connectivity index (χ2n) is 5.70. The predicted octanol–water partition coefficient (Wildman–Crippen LogP) is 5.51. The molecule has 0 fully saturated rings. The highest BCUT2D eigenvalue weighted by molar-refractivity contribution is 7.16. The van der Waals surface area contributed by atoms with Crippen LogP contribution in [0.2, 0.25) is 0 Å². The summed E-state index contributed by atoms with van der Waals surface area (Å²) in [5.41, 5.74) is 2.09. The lowest BCUT2D eigenvalue weighted by molar-refractivity contribution is -0.111. The van der Waals surface area contributed by atoms with Gasteiger partial charge in [0, 0.05) is 16.5 Å². The molecule has 1 aromatic heterocycles. The van der Waals surface area contributed by atoms with Gasteiger partial charge in [-0.15, -0.1) is 11.3 Å². The third-order valence-corrected chi connectivity index (χ3v) is 4.56. The van der Waals surface area contributed by atoms with Gasteiger partial charge in [0.1, 0.15) is 11.6 Å². The summed E-state index contributed by atoms with van der Waals surface area (Å²) in [6.07, 6.45) is 2.86. The lowest BCUT2D eigenvalue weighted by atomic mass is 10.1. The average molecular weight is 404 g/mol. The van der Waals surface area contributed by atoms with E-state index in [4.69, 9.17) is 0 Å². The Morgan fingerprint density at radius 3 is 2.46 bits per heavy atom. The van der Waals surface area contributed by atoms with Crippen LogP contribution in [0.5, 0.6) is 5.75 Å². The van der Waals surface area contributed by atoms with Crippen LogP contribution in [0.1, 0.15) is 10.4 Å². The topological polar surface area (TPSA) is 51.2 Å². The normalized spacial score (nSPS) is 11.2. The van der Waals surface area contributed by atoms with E-state index < -0.39 is 6.61 Å². The summed E-state index contributed by atoms with van der Waals surface area (Å²) < 4.78 is 41.6. The Hall–Kier alpha value is -3.13. The Balaban J connectivity index is 1.64. The number of thiazole rings is 1. The van der Waals surface area contributed by atoms with Crippen LogP contribution >= 0.6 is 11.3 Å². The van der Waals surface area contributed by atoms with E-state index in [1.165, 1.54) is 41.7 Å². The molecule has 144 valence electrons. The highest BCUT2D eigenvalue weighted by Gasteiger charge is 2.11. The molecule has 0 aliphatic heterocycles. The number of benzene rings is 2. The Kier molecular flexibility index (Phi) is 6.10. The van der Waals surface area contributed by atoms with Gasteiger partial charge in [0.25, 0.3) is 0 Å². The fraction of sp³-hybridized carbons (Fsp3) is 0.100. The molecule has 28 heavy (non-hydrogen) atoms. The quantitative estimate of drug-likeness (QED) is 0.551. The standard InChI is InChI=1S/C20H15F3N2O2S/c1-12-18(14-5-7-15(21)8-6-14)25-20(28-12)24-17(26)11-4-13-2-9-16(10-3-13)27-19(22)23/h2-11,19H,1H3,(H,24,25,26)/b11-4+. The van der Waals surface area contributed by atoms with Crippen molar-refractivity contribution in [2.24, 2.45) is 0 Å². The van der Waals surface area contributed by atoms with Gasteiger partial charge in [0.05, 0.1) is 5.69 Å². The molecule has 0 aliphatic carbocycles. The molecular weight excluding hydrogens is 389 g/mol. The van der Waals surface area contributed by atoms with E-state index in [-0.39, 0.29) is 17.5 Å². The highest BCUT2D eigenvalue weighted by Crippen LogP contribution is 2.30. The highest BCUT2D eigenvalue weighted by atomic mass is 32.1. The zero-order valence-electron chi connectivity index (χ0n) is 14.7. The molecule has 1 amide bonds. The van der Waals surface area contributed by atoms with E-state index in [0.29, 0.717) is 16.4 Å². The molecule has 3 rings (SSSR count). The van der Waals surface area contributed by atoms with Crippen LogP contribution in [0.25, 0.3) is 17.3 Å². The summed E-state index contributed by atoms with van der Waals surface area (Å²) in [5, 5.41) is 3.10. The number of alkyl halides is 2. The van der Waals surface area contributed by atoms with Gasteiger partial charge in [0.2, 0.25) is 5.91 Å². The van der Waals surface area contributed by atoms with Gasteiger partial charge in [-0.05, 0) is 55.0 Å². The van der Waals surface area contributed by atoms with Gasteiger partial charge >= 0.3 is 6.61 Å². The number of nitrogens with zero attached hydrogens (tertiary/aromatic N) is 1. The molecule has 0 saturated heterocycles. The van der Waals surface area contributed by atoms with Gasteiger partial charge in [-0.2, -0.15) is 8.78 Å². The monoisotopic (exact) mass is 404 g/mol. The number of hydrogen-bond acceptors (Lipinski definition) is 4. The molecule has 1 heterocycles. The van der Waals surface area contributed by atoms with Crippen molar-refractivity contribution >= 4 is 28.5 Å². The van der Waals surface area contributed by atoms with E-state index in [9.17, 15) is 18.0 Å². The first-order chi connectivity index (χ1) is 13.4. The Morgan fingerprint density at radius 2 is 1.82 bits per heavy atom. The van der Waals surface area contributed by atoms with Crippen LogP contribution in [0, 0.1) is 12.7 Å². The van der Waals surface area contributed by atoms with Crippen LogP contribution in [-0.4, -0.2) is 17.5 Å². The van der Waals surface area contributed by atoms with Gasteiger partial charge in [-0.25, -0.2) is 9.37 Å². The zero-order chi connectivity index (χ0) is 20.1. The van der Waals surface area contributed by atoms with Crippen LogP contribution in [0.15, 0.2) is 54.6 Å². The smallest absolute Gasteiger partial charge is 0.387 e. The molecule has 0 radical (unpaired) electrons. The number of amides is 1. The SMILES string of the molecule is Cc1sc(NC(=O)/C=C/c2ccc(OC(F)F)cc2)nc1-c1ccc(F)cc1. The number of anilines is 1. The molecule has 0 unspecified atom stereocenters. The van der Waals surface area contributed by atoms with Crippen molar-refractivity contribution in [2.75, 3.05) is 5.32 Å². The summed E-state index contributed by atoms with van der Waals surface area (Å²) in [5.74, 6) is -0.667. The molecule has 1 N–H and O–H groups in total. The molecular formula is C20H15F3N2O2S. The number of nitrogens with one attached hydrogen (secondary N) is 1. The van der Waals surface area contributed by atoms with Crippen molar-refractivity contribution < 1.29 is 22.7 Å². The van der Waals surface area contributed by atoms with E-state index in [1.54, 1.807) is 30.3 Å². The predicted molar refractivity (Wildman–Crippen MR) is 103 cm³/mol. The third kappa shape index (κ3) is 5.20. The first kappa shape index (κ1) is 19.6. The molecule has 0 aliphatic rings. The maximum Gasteiger partial charge on any atom is 0.387 e. The summed E-state index contributed by atoms with van der Waals surface area (Å²) in [7, 11) is 0. The van der Waals surface area contributed by atoms with Crippen LogP contribution in [0.3, 0.4) is 0 Å². The number of aryl methyl sites for hydroxylation is 1. The van der Waals surface area contributed by atoms with Gasteiger partial charge < -0.3 is 4.74 Å². The van der Waals surface area contributed by atoms with Crippen molar-refractivity contribution in [1.82, 2.24) is 4.98 Å². The maximum atomic E-state index is 13.1. The molecule has 8 heteroatoms. The second-order valence-corrected chi connectivity index (χ2v) is 6.90. The fourth-order valence-electron chi connectivity index (χ4n) is 2.40. The van der Waals surface area contributed by atoms with Crippen LogP contribution in [-0.2, 0) is 4.79 Å². The lowest BCUT2D eigenvalue weighted by Gasteiger charge is -2.03. The Morgan fingerprint density at radius 1 is 1.14 bits per heavy atom. The minimum absolute atomic E-state index is 0.0446. The summed E-state index contributed by atoms with van der Waals surface area (Å²) in [6.45, 7) is -1.01. The summed E-state index contributed by atoms with van der Waals surface area (Å²) >= 11 is 1.31. The van der Waals surface area contributed by atoms with Crippen molar-refractivity contribution in [3.05, 3.63) is 70.9 Å². The van der Waals surface area contributed by atoms with Gasteiger partial charge in [0.15, 0.2) is 5.13 Å². The third-order valence-electron chi connectivity index (χ3n) is 3.68. The molecule has 4 nitrogen and oxygen atoms in total. The molecule has 3 aromatic rings. The molecule has 0 atom stereocenters. The zero-order valence-corrected chi connectivity index (χ0v) is 15.5. The van der Waals surface area contributed by atoms with E-state index >= 15 is 0 Å². The minimum atomic E-state index is -2.88. The average Bonchev–Trinajstić information content (AvgIpc) is 3.01. The Bertz CT molecular complexity index is 984. The molecule has 0 bridgehead atoms. The van der Waals surface area contributed by atoms with Gasteiger partial charge in [-0.1, -0.05) is 12.1 Å². The minimum Gasteiger partial charge on any atom is -0.435 e. The summed E-state index contributed by atoms with van der Waals surface area (Å²) in [6, 6.07) is 11.9. The van der Waals surface area contributed by atoms with Crippen molar-refractivity contribution in [3.63, 3.8) is 0 Å². The van der Waals surface area contributed by atoms with Crippen molar-refractivity contribution in [1.29, 1.82) is 0 Å². The number of carbonyl (C=O) groups excluding carboxylic acids is 1. The number of ether oxygens (including phenoxy) is 1. The molecule has 0 spiro atoms. The van der Waals surface area contributed by atoms with Crippen molar-refractivity contribution in [3.8, 4) is 17.0 Å². The number of halogens is 3. The summed E-state index contributed by atoms with van der Waals surface area (Å²) in [4.78, 5) is 17.4. The lowest BCUT2D eigenvalue weighted by Crippen LogP contribution is -2.07. The Labute approximate surface area is 163 Å². The van der Waals surface area contributed by atoms with Crippen LogP contribution in [0.4, 0.5) is 18.3 Å². The first-order valence-corrected chi connectivity index (χ1v) is 8.99. The molecule has 2 aromatic carbocycles. The fourth-order valence-corrected chi connectivity index (χ4v) is 3.24. The van der Waals surface area contributed by atoms with E-state index in [0.717, 1.165) is 10.4 Å². The number of aromatic nitrogens is 1. The first-order valence-electron chi connectivity index (χ1n) is 8.18. The second kappa shape index (κ2) is 8.71. The number of hydrogen-bond donors (Lipinski definition) is 1. The van der Waals surface area contributed by atoms with Crippen LogP contribution < -0.4 is 10.1 Å². The number of carbonyl (C=O) groups is 1. The number of rotatable bonds is 6. The van der Waals surface area contributed by atoms with Crippen molar-refractivity contribution in [2.45, 2.75) is 13.5 Å². The largest absolute Gasteiger partial charge is 0.435 e. The van der Waals surface area contributed by atoms with E-state index in [1.807, 2.05) is 6.92 Å². The maximum absolute atomic E-state index is 13.1. The molecule has 0 saturated carbocycles. The van der Waals surface area contributed by atoms with Gasteiger partial charge in [-0.3, -0.25) is 10.1 Å².